The molecule has 0 N–H and O–H groups in total. The van der Waals surface area contributed by atoms with E-state index in [0.29, 0.717) is 0 Å². The summed E-state index contributed by atoms with van der Waals surface area (Å²) in [6.07, 6.45) is 0. The van der Waals surface area contributed by atoms with Crippen LogP contribution in [0.25, 0.3) is 0 Å². The van der Waals surface area contributed by atoms with Gasteiger partial charge in [-0.3, -0.25) is 0 Å². The Morgan fingerprint density at radius 2 is 1.86 bits per heavy atom. The molecule has 7 heavy (non-hydrogen) atoms. The predicted octanol–water partition coefficient (Wildman–Crippen LogP) is -2.90. The molecule has 0 spiro atoms. The van der Waals surface area contributed by atoms with Crippen molar-refractivity contribution in [2.75, 3.05) is 26.4 Å². The molecule has 0 amide bonds. The van der Waals surface area contributed by atoms with Crippen molar-refractivity contribution >= 4 is 12.6 Å². The van der Waals surface area contributed by atoms with Gasteiger partial charge in [-0.15, -0.1) is 0 Å². The summed E-state index contributed by atoms with van der Waals surface area (Å²) in [5.41, 5.74) is 0. The van der Waals surface area contributed by atoms with Gasteiger partial charge >= 0.3 is 29.6 Å². The van der Waals surface area contributed by atoms with Crippen molar-refractivity contribution in [2.24, 2.45) is 0 Å². The molecule has 0 aliphatic rings. The van der Waals surface area contributed by atoms with Gasteiger partial charge in [0.2, 0.25) is 0 Å². The van der Waals surface area contributed by atoms with Crippen LogP contribution in [0, 0.1) is 0 Å². The normalized spacial score (nSPS) is 8.57. The average molecular weight is 127 g/mol. The van der Waals surface area contributed by atoms with Gasteiger partial charge in [0.1, 0.15) is 0 Å². The maximum absolute atomic E-state index is 4.69. The number of hydrogen-bond donors (Lipinski definition) is 0. The van der Waals surface area contributed by atoms with Crippen molar-refractivity contribution in [2.45, 2.75) is 0 Å². The minimum Gasteiger partial charge on any atom is -0.791 e. The van der Waals surface area contributed by atoms with Crippen LogP contribution in [-0.4, -0.2) is 31.3 Å². The first-order valence-electron chi connectivity index (χ1n) is 2.00. The molecule has 0 radical (unpaired) electrons. The van der Waals surface area contributed by atoms with Crippen molar-refractivity contribution in [3.05, 3.63) is 0 Å². The fourth-order valence-electron chi connectivity index (χ4n) is 0.183. The van der Waals surface area contributed by atoms with Gasteiger partial charge in [0.15, 0.2) is 0 Å². The molecule has 1 nitrogen and oxygen atoms in total. The Bertz CT molecular complexity index is 32.9. The summed E-state index contributed by atoms with van der Waals surface area (Å²) < 4.78 is 0. The zero-order chi connectivity index (χ0) is 4.99. The van der Waals surface area contributed by atoms with E-state index in [1.807, 2.05) is 14.1 Å². The van der Waals surface area contributed by atoms with Crippen LogP contribution < -0.4 is 29.6 Å². The summed E-state index contributed by atoms with van der Waals surface area (Å²) in [6.45, 7) is 1.02. The van der Waals surface area contributed by atoms with E-state index >= 15 is 0 Å². The van der Waals surface area contributed by atoms with Crippen molar-refractivity contribution in [1.82, 2.24) is 4.90 Å². The SMILES string of the molecule is CN(C)CC[S-].[Na+]. The minimum absolute atomic E-state index is 0. The van der Waals surface area contributed by atoms with Crippen LogP contribution >= 0.6 is 0 Å². The van der Waals surface area contributed by atoms with Gasteiger partial charge in [-0.25, -0.2) is 0 Å². The minimum atomic E-state index is 0. The molecule has 0 heterocycles. The predicted molar refractivity (Wildman–Crippen MR) is 30.8 cm³/mol. The van der Waals surface area contributed by atoms with Crippen LogP contribution in [0.4, 0.5) is 0 Å². The van der Waals surface area contributed by atoms with E-state index in [2.05, 4.69) is 17.5 Å². The van der Waals surface area contributed by atoms with Crippen molar-refractivity contribution in [3.63, 3.8) is 0 Å². The van der Waals surface area contributed by atoms with Crippen LogP contribution in [-0.2, 0) is 12.6 Å². The van der Waals surface area contributed by atoms with Crippen LogP contribution in [0.5, 0.6) is 0 Å². The van der Waals surface area contributed by atoms with Crippen LogP contribution in [0.3, 0.4) is 0 Å². The third-order valence-electron chi connectivity index (χ3n) is 0.539. The maximum atomic E-state index is 4.69. The van der Waals surface area contributed by atoms with Gasteiger partial charge in [-0.05, 0) is 20.6 Å². The molecule has 0 aromatic heterocycles. The smallest absolute Gasteiger partial charge is 0.791 e. The Kier molecular flexibility index (Phi) is 11.6. The first-order chi connectivity index (χ1) is 2.77. The molecule has 0 atom stereocenters. The molecule has 38 valence electrons. The molecule has 0 unspecified atom stereocenters. The summed E-state index contributed by atoms with van der Waals surface area (Å²) in [5, 5.41) is 0. The molecule has 0 saturated heterocycles. The fourth-order valence-corrected chi connectivity index (χ4v) is 0.548. The van der Waals surface area contributed by atoms with Gasteiger partial charge in [-0.2, -0.15) is 5.75 Å². The Morgan fingerprint density at radius 3 is 1.86 bits per heavy atom. The molecule has 0 aromatic rings. The average Bonchev–Trinajstić information content (AvgIpc) is 1.35. The zero-order valence-electron chi connectivity index (χ0n) is 5.27. The molecule has 0 aliphatic carbocycles. The van der Waals surface area contributed by atoms with Gasteiger partial charge in [0, 0.05) is 0 Å². The second-order valence-corrected chi connectivity index (χ2v) is 1.92. The molecule has 0 rings (SSSR count). The standard InChI is InChI=1S/C4H11NS.Na/c1-5(2)3-4-6;/h6H,3-4H2,1-2H3;/q;+1/p-1. The quantitative estimate of drug-likeness (QED) is 0.289. The summed E-state index contributed by atoms with van der Waals surface area (Å²) >= 11 is 4.69. The first kappa shape index (κ1) is 11.2. The van der Waals surface area contributed by atoms with Gasteiger partial charge in [0.05, 0.1) is 0 Å². The van der Waals surface area contributed by atoms with Crippen LogP contribution in [0.15, 0.2) is 0 Å². The van der Waals surface area contributed by atoms with E-state index in [-0.39, 0.29) is 29.6 Å². The molecule has 3 heteroatoms. The molecule has 0 aromatic carbocycles. The second kappa shape index (κ2) is 7.31. The van der Waals surface area contributed by atoms with Gasteiger partial charge in [-0.1, -0.05) is 0 Å². The second-order valence-electron chi connectivity index (χ2n) is 1.51. The van der Waals surface area contributed by atoms with Gasteiger partial charge < -0.3 is 17.5 Å². The molecule has 0 bridgehead atoms. The molecular weight excluding hydrogens is 117 g/mol. The van der Waals surface area contributed by atoms with Crippen LogP contribution in [0.2, 0.25) is 0 Å². The van der Waals surface area contributed by atoms with Crippen molar-refractivity contribution in [3.8, 4) is 0 Å². The third kappa shape index (κ3) is 11.1. The van der Waals surface area contributed by atoms with Crippen molar-refractivity contribution < 1.29 is 29.6 Å². The van der Waals surface area contributed by atoms with E-state index in [9.17, 15) is 0 Å². The number of hydrogen-bond acceptors (Lipinski definition) is 2. The van der Waals surface area contributed by atoms with E-state index in [0.717, 1.165) is 12.3 Å². The first-order valence-corrected chi connectivity index (χ1v) is 2.58. The van der Waals surface area contributed by atoms with Crippen LogP contribution in [0.1, 0.15) is 0 Å². The Hall–Kier alpha value is 1.31. The largest absolute Gasteiger partial charge is 1.00 e. The van der Waals surface area contributed by atoms with Crippen molar-refractivity contribution in [1.29, 1.82) is 0 Å². The molecule has 0 saturated carbocycles. The third-order valence-corrected chi connectivity index (χ3v) is 0.721. The molecular formula is C4H10NNaS. The van der Waals surface area contributed by atoms with E-state index < -0.39 is 0 Å². The Morgan fingerprint density at radius 1 is 1.43 bits per heavy atom. The molecule has 0 aliphatic heterocycles. The topological polar surface area (TPSA) is 3.24 Å². The number of rotatable bonds is 2. The summed E-state index contributed by atoms with van der Waals surface area (Å²) in [7, 11) is 4.04. The number of nitrogens with zero attached hydrogens (tertiary/aromatic N) is 1. The van der Waals surface area contributed by atoms with E-state index in [4.69, 9.17) is 0 Å². The Balaban J connectivity index is 0. The Labute approximate surface area is 73.2 Å². The summed E-state index contributed by atoms with van der Waals surface area (Å²) in [6, 6.07) is 0. The summed E-state index contributed by atoms with van der Waals surface area (Å²) in [5.74, 6) is 0.840. The van der Waals surface area contributed by atoms with E-state index in [1.54, 1.807) is 0 Å². The zero-order valence-corrected chi connectivity index (χ0v) is 8.09. The molecule has 0 fully saturated rings. The summed E-state index contributed by atoms with van der Waals surface area (Å²) in [4.78, 5) is 2.08. The fraction of sp³-hybridized carbons (Fsp3) is 1.00. The maximum Gasteiger partial charge on any atom is 1.00 e. The monoisotopic (exact) mass is 127 g/mol. The van der Waals surface area contributed by atoms with E-state index in [1.165, 1.54) is 0 Å². The van der Waals surface area contributed by atoms with Gasteiger partial charge in [0.25, 0.3) is 0 Å².